The van der Waals surface area contributed by atoms with Crippen molar-refractivity contribution >= 4 is 17.5 Å². The van der Waals surface area contributed by atoms with Gasteiger partial charge in [0.2, 0.25) is 0 Å². The predicted molar refractivity (Wildman–Crippen MR) is 96.0 cm³/mol. The average molecular weight is 348 g/mol. The zero-order valence-corrected chi connectivity index (χ0v) is 15.0. The number of methoxy groups -OCH3 is 1. The molecule has 4 nitrogen and oxygen atoms in total. The second-order valence-electron chi connectivity index (χ2n) is 5.26. The van der Waals surface area contributed by atoms with Crippen LogP contribution in [0, 0.1) is 0 Å². The molecule has 0 unspecified atom stereocenters. The third-order valence-electron chi connectivity index (χ3n) is 3.77. The summed E-state index contributed by atoms with van der Waals surface area (Å²) in [4.78, 5) is 14.2. The number of nitrogens with zero attached hydrogens (tertiary/aromatic N) is 1. The smallest absolute Gasteiger partial charge is 0.253 e. The molecule has 128 valence electrons. The summed E-state index contributed by atoms with van der Waals surface area (Å²) >= 11 is 5.88. The zero-order valence-electron chi connectivity index (χ0n) is 14.2. The molecule has 0 fully saturated rings. The summed E-state index contributed by atoms with van der Waals surface area (Å²) in [5.74, 6) is 1.13. The van der Waals surface area contributed by atoms with Crippen LogP contribution in [0.3, 0.4) is 0 Å². The van der Waals surface area contributed by atoms with E-state index in [0.717, 1.165) is 5.56 Å². The molecule has 2 aromatic rings. The highest BCUT2D eigenvalue weighted by Crippen LogP contribution is 2.29. The Morgan fingerprint density at radius 2 is 1.71 bits per heavy atom. The van der Waals surface area contributed by atoms with Crippen molar-refractivity contribution in [2.45, 2.75) is 20.5 Å². The molecule has 24 heavy (non-hydrogen) atoms. The first-order valence-corrected chi connectivity index (χ1v) is 8.31. The van der Waals surface area contributed by atoms with Crippen LogP contribution in [0.1, 0.15) is 29.8 Å². The Kier molecular flexibility index (Phi) is 6.50. The number of halogens is 1. The molecule has 0 aromatic heterocycles. The van der Waals surface area contributed by atoms with Crippen LogP contribution in [0.2, 0.25) is 5.02 Å². The summed E-state index contributed by atoms with van der Waals surface area (Å²) in [6.45, 7) is 5.67. The van der Waals surface area contributed by atoms with E-state index >= 15 is 0 Å². The quantitative estimate of drug-likeness (QED) is 0.744. The fraction of sp³-hybridized carbons (Fsp3) is 0.316. The molecule has 5 heteroatoms. The van der Waals surface area contributed by atoms with E-state index in [1.165, 1.54) is 0 Å². The van der Waals surface area contributed by atoms with Crippen molar-refractivity contribution in [1.82, 2.24) is 4.90 Å². The summed E-state index contributed by atoms with van der Waals surface area (Å²) in [5.41, 5.74) is 1.60. The SMILES string of the molecule is CCN(CC)C(=O)c1ccc(OCc2ccc(Cl)cc2)c(OC)c1. The lowest BCUT2D eigenvalue weighted by atomic mass is 10.1. The molecule has 0 aliphatic carbocycles. The molecular formula is C19H22ClNO3. The van der Waals surface area contributed by atoms with Crippen LogP contribution >= 0.6 is 11.6 Å². The largest absolute Gasteiger partial charge is 0.493 e. The minimum atomic E-state index is -0.0115. The molecule has 0 bridgehead atoms. The number of hydrogen-bond acceptors (Lipinski definition) is 3. The van der Waals surface area contributed by atoms with E-state index in [1.54, 1.807) is 30.2 Å². The van der Waals surface area contributed by atoms with Crippen molar-refractivity contribution in [2.24, 2.45) is 0 Å². The van der Waals surface area contributed by atoms with Crippen LogP contribution < -0.4 is 9.47 Å². The highest BCUT2D eigenvalue weighted by Gasteiger charge is 2.15. The molecule has 2 aromatic carbocycles. The van der Waals surface area contributed by atoms with E-state index in [1.807, 2.05) is 38.1 Å². The van der Waals surface area contributed by atoms with Crippen LogP contribution in [0.5, 0.6) is 11.5 Å². The first-order chi connectivity index (χ1) is 11.6. The maximum absolute atomic E-state index is 12.4. The number of ether oxygens (including phenoxy) is 2. The highest BCUT2D eigenvalue weighted by atomic mass is 35.5. The summed E-state index contributed by atoms with van der Waals surface area (Å²) in [7, 11) is 1.57. The molecule has 2 rings (SSSR count). The van der Waals surface area contributed by atoms with Crippen LogP contribution in [0.25, 0.3) is 0 Å². The van der Waals surface area contributed by atoms with Crippen molar-refractivity contribution in [3.63, 3.8) is 0 Å². The molecule has 0 aliphatic rings. The Morgan fingerprint density at radius 3 is 2.29 bits per heavy atom. The number of carbonyl (C=O) groups excluding carboxylic acids is 1. The van der Waals surface area contributed by atoms with Crippen molar-refractivity contribution in [1.29, 1.82) is 0 Å². The van der Waals surface area contributed by atoms with E-state index in [-0.39, 0.29) is 5.91 Å². The van der Waals surface area contributed by atoms with Crippen LogP contribution in [-0.2, 0) is 6.61 Å². The average Bonchev–Trinajstić information content (AvgIpc) is 2.62. The maximum atomic E-state index is 12.4. The van der Waals surface area contributed by atoms with Gasteiger partial charge in [-0.3, -0.25) is 4.79 Å². The van der Waals surface area contributed by atoms with E-state index < -0.39 is 0 Å². The molecule has 0 atom stereocenters. The van der Waals surface area contributed by atoms with E-state index in [2.05, 4.69) is 0 Å². The van der Waals surface area contributed by atoms with Crippen LogP contribution in [-0.4, -0.2) is 31.0 Å². The van der Waals surface area contributed by atoms with Gasteiger partial charge >= 0.3 is 0 Å². The predicted octanol–water partition coefficient (Wildman–Crippen LogP) is 4.41. The summed E-state index contributed by atoms with van der Waals surface area (Å²) < 4.78 is 11.2. The van der Waals surface area contributed by atoms with Gasteiger partial charge in [-0.2, -0.15) is 0 Å². The molecular weight excluding hydrogens is 326 g/mol. The topological polar surface area (TPSA) is 38.8 Å². The van der Waals surface area contributed by atoms with Crippen molar-refractivity contribution < 1.29 is 14.3 Å². The first-order valence-electron chi connectivity index (χ1n) is 7.93. The molecule has 0 heterocycles. The standard InChI is InChI=1S/C19H22ClNO3/c1-4-21(5-2)19(22)15-8-11-17(18(12-15)23-3)24-13-14-6-9-16(20)10-7-14/h6-12H,4-5,13H2,1-3H3. The van der Waals surface area contributed by atoms with Gasteiger partial charge in [0, 0.05) is 23.7 Å². The lowest BCUT2D eigenvalue weighted by Gasteiger charge is -2.19. The summed E-state index contributed by atoms with van der Waals surface area (Å²) in [6.07, 6.45) is 0. The van der Waals surface area contributed by atoms with Gasteiger partial charge in [-0.25, -0.2) is 0 Å². The fourth-order valence-corrected chi connectivity index (χ4v) is 2.48. The van der Waals surface area contributed by atoms with Gasteiger partial charge in [0.1, 0.15) is 6.61 Å². The number of benzene rings is 2. The zero-order chi connectivity index (χ0) is 17.5. The molecule has 0 saturated carbocycles. The Labute approximate surface area is 147 Å². The second kappa shape index (κ2) is 8.60. The second-order valence-corrected chi connectivity index (χ2v) is 5.69. The monoisotopic (exact) mass is 347 g/mol. The van der Waals surface area contributed by atoms with Gasteiger partial charge in [0.15, 0.2) is 11.5 Å². The minimum absolute atomic E-state index is 0.0115. The maximum Gasteiger partial charge on any atom is 0.253 e. The summed E-state index contributed by atoms with van der Waals surface area (Å²) in [6, 6.07) is 12.7. The van der Waals surface area contributed by atoms with Gasteiger partial charge < -0.3 is 14.4 Å². The van der Waals surface area contributed by atoms with Crippen LogP contribution in [0.4, 0.5) is 0 Å². The third kappa shape index (κ3) is 4.42. The van der Waals surface area contributed by atoms with Gasteiger partial charge in [0.25, 0.3) is 5.91 Å². The van der Waals surface area contributed by atoms with Gasteiger partial charge in [0.05, 0.1) is 7.11 Å². The van der Waals surface area contributed by atoms with Gasteiger partial charge in [-0.15, -0.1) is 0 Å². The van der Waals surface area contributed by atoms with E-state index in [4.69, 9.17) is 21.1 Å². The molecule has 0 N–H and O–H groups in total. The van der Waals surface area contributed by atoms with Crippen molar-refractivity contribution in [2.75, 3.05) is 20.2 Å². The third-order valence-corrected chi connectivity index (χ3v) is 4.02. The molecule has 0 spiro atoms. The molecule has 0 saturated heterocycles. The Morgan fingerprint density at radius 1 is 1.04 bits per heavy atom. The Balaban J connectivity index is 2.13. The Hall–Kier alpha value is -2.20. The number of carbonyl (C=O) groups is 1. The highest BCUT2D eigenvalue weighted by molar-refractivity contribution is 6.30. The number of rotatable bonds is 7. The number of amides is 1. The summed E-state index contributed by atoms with van der Waals surface area (Å²) in [5, 5.41) is 0.690. The lowest BCUT2D eigenvalue weighted by Crippen LogP contribution is -2.30. The van der Waals surface area contributed by atoms with Gasteiger partial charge in [-0.05, 0) is 49.7 Å². The van der Waals surface area contributed by atoms with Gasteiger partial charge in [-0.1, -0.05) is 23.7 Å². The molecule has 0 radical (unpaired) electrons. The van der Waals surface area contributed by atoms with Crippen molar-refractivity contribution in [3.05, 3.63) is 58.6 Å². The normalized spacial score (nSPS) is 10.3. The first kappa shape index (κ1) is 18.1. The van der Waals surface area contributed by atoms with Crippen molar-refractivity contribution in [3.8, 4) is 11.5 Å². The van der Waals surface area contributed by atoms with E-state index in [0.29, 0.717) is 41.8 Å². The fourth-order valence-electron chi connectivity index (χ4n) is 2.35. The molecule has 0 aliphatic heterocycles. The lowest BCUT2D eigenvalue weighted by molar-refractivity contribution is 0.0772. The van der Waals surface area contributed by atoms with Crippen LogP contribution in [0.15, 0.2) is 42.5 Å². The minimum Gasteiger partial charge on any atom is -0.493 e. The van der Waals surface area contributed by atoms with E-state index in [9.17, 15) is 4.79 Å². The number of hydrogen-bond donors (Lipinski definition) is 0. The Bertz CT molecular complexity index is 682. The molecule has 1 amide bonds.